The average Bonchev–Trinajstić information content (AvgIpc) is 3.58. The number of rotatable bonds is 8. The van der Waals surface area contributed by atoms with E-state index in [1.54, 1.807) is 23.7 Å². The highest BCUT2D eigenvalue weighted by Crippen LogP contribution is 2.22. The third-order valence-corrected chi connectivity index (χ3v) is 6.57. The molecular weight excluding hydrogens is 450 g/mol. The largest absolute Gasteiger partial charge is 0.456 e. The van der Waals surface area contributed by atoms with E-state index in [0.717, 1.165) is 50.4 Å². The van der Waals surface area contributed by atoms with E-state index in [1.807, 2.05) is 58.8 Å². The van der Waals surface area contributed by atoms with Crippen molar-refractivity contribution >= 4 is 17.2 Å². The van der Waals surface area contributed by atoms with Gasteiger partial charge in [-0.2, -0.15) is 4.98 Å². The molecule has 1 amide bonds. The average molecular weight is 476 g/mol. The Morgan fingerprint density at radius 2 is 1.88 bits per heavy atom. The standard InChI is InChI=1S/C25H25N5O3S/c31-25(19-7-9-20(10-8-19)32-21-4-1-11-26-18-21)30-15-13-29(14-16-30)12-2-6-23-27-24(28-33-23)22-5-3-17-34-22/h1,3-5,7-11,17-18H,2,6,12-16H2. The number of pyridine rings is 1. The lowest BCUT2D eigenvalue weighted by Gasteiger charge is -2.34. The van der Waals surface area contributed by atoms with Gasteiger partial charge in [-0.1, -0.05) is 11.2 Å². The molecule has 0 radical (unpaired) electrons. The molecule has 34 heavy (non-hydrogen) atoms. The number of amides is 1. The fourth-order valence-electron chi connectivity index (χ4n) is 3.88. The molecule has 3 aromatic heterocycles. The fourth-order valence-corrected chi connectivity index (χ4v) is 4.53. The molecule has 1 aliphatic rings. The number of aromatic nitrogens is 3. The molecule has 8 nitrogen and oxygen atoms in total. The summed E-state index contributed by atoms with van der Waals surface area (Å²) < 4.78 is 11.1. The molecule has 0 aliphatic carbocycles. The first-order valence-corrected chi connectivity index (χ1v) is 12.2. The lowest BCUT2D eigenvalue weighted by atomic mass is 10.1. The van der Waals surface area contributed by atoms with Gasteiger partial charge in [0.1, 0.15) is 11.5 Å². The van der Waals surface area contributed by atoms with Crippen molar-refractivity contribution in [2.24, 2.45) is 0 Å². The highest BCUT2D eigenvalue weighted by molar-refractivity contribution is 7.13. The lowest BCUT2D eigenvalue weighted by Crippen LogP contribution is -2.48. The molecule has 5 rings (SSSR count). The molecule has 4 heterocycles. The molecule has 0 atom stereocenters. The molecule has 0 spiro atoms. The maximum atomic E-state index is 12.9. The minimum absolute atomic E-state index is 0.0551. The summed E-state index contributed by atoms with van der Waals surface area (Å²) in [5.41, 5.74) is 0.671. The van der Waals surface area contributed by atoms with E-state index in [-0.39, 0.29) is 5.91 Å². The summed E-state index contributed by atoms with van der Waals surface area (Å²) in [6, 6.07) is 14.9. The van der Waals surface area contributed by atoms with E-state index in [2.05, 4.69) is 20.0 Å². The number of benzene rings is 1. The molecule has 174 valence electrons. The van der Waals surface area contributed by atoms with Gasteiger partial charge in [-0.25, -0.2) is 0 Å². The van der Waals surface area contributed by atoms with Crippen LogP contribution in [0.3, 0.4) is 0 Å². The van der Waals surface area contributed by atoms with Crippen LogP contribution < -0.4 is 4.74 Å². The number of thiophene rings is 1. The number of hydrogen-bond acceptors (Lipinski definition) is 8. The van der Waals surface area contributed by atoms with Crippen molar-refractivity contribution in [2.75, 3.05) is 32.7 Å². The van der Waals surface area contributed by atoms with E-state index < -0.39 is 0 Å². The molecule has 0 unspecified atom stereocenters. The van der Waals surface area contributed by atoms with E-state index in [9.17, 15) is 4.79 Å². The first-order valence-electron chi connectivity index (χ1n) is 11.3. The zero-order valence-corrected chi connectivity index (χ0v) is 19.5. The van der Waals surface area contributed by atoms with Crippen molar-refractivity contribution < 1.29 is 14.1 Å². The zero-order chi connectivity index (χ0) is 23.2. The zero-order valence-electron chi connectivity index (χ0n) is 18.7. The Balaban J connectivity index is 1.05. The second-order valence-electron chi connectivity index (χ2n) is 8.04. The Morgan fingerprint density at radius 3 is 2.62 bits per heavy atom. The topological polar surface area (TPSA) is 84.6 Å². The smallest absolute Gasteiger partial charge is 0.253 e. The fraction of sp³-hybridized carbons (Fsp3) is 0.280. The molecule has 1 aliphatic heterocycles. The van der Waals surface area contributed by atoms with Gasteiger partial charge in [0.15, 0.2) is 0 Å². The van der Waals surface area contributed by atoms with Crippen LogP contribution in [-0.4, -0.2) is 63.6 Å². The van der Waals surface area contributed by atoms with E-state index >= 15 is 0 Å². The van der Waals surface area contributed by atoms with E-state index in [1.165, 1.54) is 0 Å². The van der Waals surface area contributed by atoms with Gasteiger partial charge < -0.3 is 14.2 Å². The van der Waals surface area contributed by atoms with Gasteiger partial charge in [0.25, 0.3) is 5.91 Å². The van der Waals surface area contributed by atoms with Gasteiger partial charge in [-0.15, -0.1) is 11.3 Å². The maximum absolute atomic E-state index is 12.9. The summed E-state index contributed by atoms with van der Waals surface area (Å²) >= 11 is 1.60. The van der Waals surface area contributed by atoms with Crippen LogP contribution in [0.25, 0.3) is 10.7 Å². The van der Waals surface area contributed by atoms with Crippen molar-refractivity contribution in [2.45, 2.75) is 12.8 Å². The predicted octanol–water partition coefficient (Wildman–Crippen LogP) is 4.38. The van der Waals surface area contributed by atoms with Crippen LogP contribution in [0.2, 0.25) is 0 Å². The number of piperazine rings is 1. The molecule has 9 heteroatoms. The van der Waals surface area contributed by atoms with Crippen LogP contribution in [0.1, 0.15) is 22.7 Å². The summed E-state index contributed by atoms with van der Waals surface area (Å²) in [5, 5.41) is 6.07. The number of carbonyl (C=O) groups is 1. The third kappa shape index (κ3) is 5.49. The van der Waals surface area contributed by atoms with Crippen LogP contribution in [0.5, 0.6) is 11.5 Å². The second kappa shape index (κ2) is 10.6. The number of ether oxygens (including phenoxy) is 1. The van der Waals surface area contributed by atoms with Crippen LogP contribution in [-0.2, 0) is 6.42 Å². The van der Waals surface area contributed by atoms with Crippen LogP contribution >= 0.6 is 11.3 Å². The molecule has 0 bridgehead atoms. The number of nitrogens with zero attached hydrogens (tertiary/aromatic N) is 5. The van der Waals surface area contributed by atoms with Crippen LogP contribution in [0.15, 0.2) is 70.8 Å². The maximum Gasteiger partial charge on any atom is 0.253 e. The molecule has 0 N–H and O–H groups in total. The number of aryl methyl sites for hydroxylation is 1. The molecule has 1 aromatic carbocycles. The first kappa shape index (κ1) is 22.2. The summed E-state index contributed by atoms with van der Waals surface area (Å²) in [6.45, 7) is 4.10. The van der Waals surface area contributed by atoms with Crippen molar-refractivity contribution in [1.82, 2.24) is 24.9 Å². The van der Waals surface area contributed by atoms with Crippen molar-refractivity contribution in [3.05, 3.63) is 77.8 Å². The van der Waals surface area contributed by atoms with Gasteiger partial charge in [0, 0.05) is 44.4 Å². The van der Waals surface area contributed by atoms with Gasteiger partial charge >= 0.3 is 0 Å². The summed E-state index contributed by atoms with van der Waals surface area (Å²) in [6.07, 6.45) is 5.05. The Kier molecular flexibility index (Phi) is 6.92. The van der Waals surface area contributed by atoms with Gasteiger partial charge in [-0.05, 0) is 60.8 Å². The monoisotopic (exact) mass is 475 g/mol. The van der Waals surface area contributed by atoms with E-state index in [0.29, 0.717) is 28.8 Å². The minimum Gasteiger partial charge on any atom is -0.456 e. The van der Waals surface area contributed by atoms with Crippen molar-refractivity contribution in [3.8, 4) is 22.2 Å². The predicted molar refractivity (Wildman–Crippen MR) is 129 cm³/mol. The third-order valence-electron chi connectivity index (χ3n) is 5.71. The van der Waals surface area contributed by atoms with Gasteiger partial charge in [-0.3, -0.25) is 14.7 Å². The number of carbonyl (C=O) groups excluding carboxylic acids is 1. The van der Waals surface area contributed by atoms with Crippen molar-refractivity contribution in [1.29, 1.82) is 0 Å². The van der Waals surface area contributed by atoms with Crippen LogP contribution in [0, 0.1) is 0 Å². The summed E-state index contributed by atoms with van der Waals surface area (Å²) in [7, 11) is 0. The quantitative estimate of drug-likeness (QED) is 0.374. The Morgan fingerprint density at radius 1 is 1.03 bits per heavy atom. The molecular formula is C25H25N5O3S. The number of hydrogen-bond donors (Lipinski definition) is 0. The minimum atomic E-state index is 0.0551. The highest BCUT2D eigenvalue weighted by Gasteiger charge is 2.22. The molecule has 1 saturated heterocycles. The van der Waals surface area contributed by atoms with E-state index in [4.69, 9.17) is 9.26 Å². The summed E-state index contributed by atoms with van der Waals surface area (Å²) in [5.74, 6) is 2.74. The lowest BCUT2D eigenvalue weighted by molar-refractivity contribution is 0.0635. The van der Waals surface area contributed by atoms with Crippen molar-refractivity contribution in [3.63, 3.8) is 0 Å². The summed E-state index contributed by atoms with van der Waals surface area (Å²) in [4.78, 5) is 26.7. The molecule has 4 aromatic rings. The second-order valence-corrected chi connectivity index (χ2v) is 8.99. The Labute approximate surface area is 201 Å². The molecule has 1 fully saturated rings. The van der Waals surface area contributed by atoms with Gasteiger partial charge in [0.05, 0.1) is 11.1 Å². The normalized spacial score (nSPS) is 14.3. The SMILES string of the molecule is O=C(c1ccc(Oc2cccnc2)cc1)N1CCN(CCCc2nc(-c3cccs3)no2)CC1. The highest BCUT2D eigenvalue weighted by atomic mass is 32.1. The Bertz CT molecular complexity index is 1190. The van der Waals surface area contributed by atoms with Crippen LogP contribution in [0.4, 0.5) is 0 Å². The molecule has 0 saturated carbocycles. The Hall–Kier alpha value is -3.56. The first-order chi connectivity index (χ1) is 16.7. The van der Waals surface area contributed by atoms with Gasteiger partial charge in [0.2, 0.25) is 11.7 Å².